The summed E-state index contributed by atoms with van der Waals surface area (Å²) in [6.07, 6.45) is 2.36. The van der Waals surface area contributed by atoms with Gasteiger partial charge in [0.05, 0.1) is 0 Å². The van der Waals surface area contributed by atoms with Crippen molar-refractivity contribution in [2.45, 2.75) is 45.8 Å². The molecule has 1 aliphatic heterocycles. The third-order valence-electron chi connectivity index (χ3n) is 3.24. The Balaban J connectivity index is 2.47. The van der Waals surface area contributed by atoms with Gasteiger partial charge in [-0.1, -0.05) is 51.7 Å². The van der Waals surface area contributed by atoms with E-state index in [1.54, 1.807) is 0 Å². The lowest BCUT2D eigenvalue weighted by atomic mass is 10.1. The van der Waals surface area contributed by atoms with Gasteiger partial charge >= 0.3 is 0 Å². The number of carbonyl (C=O) groups is 1. The summed E-state index contributed by atoms with van der Waals surface area (Å²) in [6, 6.07) is 0. The van der Waals surface area contributed by atoms with Crippen LogP contribution in [0.2, 0.25) is 0 Å². The zero-order chi connectivity index (χ0) is 14.4. The number of nitrogens with zero attached hydrogens (tertiary/aromatic N) is 1. The highest BCUT2D eigenvalue weighted by molar-refractivity contribution is 8.24. The Labute approximate surface area is 126 Å². The lowest BCUT2D eigenvalue weighted by Crippen LogP contribution is -2.37. The number of thiocarbonyl (C=S) groups is 1. The normalized spacial score (nSPS) is 19.8. The van der Waals surface area contributed by atoms with E-state index < -0.39 is 0 Å². The maximum absolute atomic E-state index is 11.8. The number of amides is 1. The Hall–Kier alpha value is -0.130. The number of hydrogen-bond donors (Lipinski definition) is 1. The number of carbonyl (C=O) groups excluding carboxylic acids is 1. The van der Waals surface area contributed by atoms with Gasteiger partial charge in [-0.15, -0.1) is 0 Å². The SMILES string of the molecule is CC(C)CCN(CCC(C)C)CC1SC(=S)NC1=O. The Morgan fingerprint density at radius 3 is 2.11 bits per heavy atom. The van der Waals surface area contributed by atoms with Gasteiger partial charge in [-0.05, 0) is 37.8 Å². The summed E-state index contributed by atoms with van der Waals surface area (Å²) in [7, 11) is 0. The van der Waals surface area contributed by atoms with Crippen molar-refractivity contribution in [3.63, 3.8) is 0 Å². The van der Waals surface area contributed by atoms with E-state index >= 15 is 0 Å². The summed E-state index contributed by atoms with van der Waals surface area (Å²) in [4.78, 5) is 14.2. The lowest BCUT2D eigenvalue weighted by Gasteiger charge is -2.25. The van der Waals surface area contributed by atoms with Crippen LogP contribution in [0.15, 0.2) is 0 Å². The highest BCUT2D eigenvalue weighted by Gasteiger charge is 2.30. The first-order chi connectivity index (χ1) is 8.88. The van der Waals surface area contributed by atoms with Crippen molar-refractivity contribution in [2.24, 2.45) is 11.8 Å². The van der Waals surface area contributed by atoms with Crippen LogP contribution in [0, 0.1) is 11.8 Å². The number of nitrogens with one attached hydrogen (secondary N) is 1. The number of thioether (sulfide) groups is 1. The molecule has 0 bridgehead atoms. The molecule has 0 aromatic rings. The lowest BCUT2D eigenvalue weighted by molar-refractivity contribution is -0.119. The molecule has 0 aromatic heterocycles. The van der Waals surface area contributed by atoms with Crippen molar-refractivity contribution < 1.29 is 4.79 Å². The minimum Gasteiger partial charge on any atom is -0.311 e. The average molecular weight is 303 g/mol. The molecule has 5 heteroatoms. The second-order valence-electron chi connectivity index (χ2n) is 6.05. The predicted octanol–water partition coefficient (Wildman–Crippen LogP) is 2.90. The fourth-order valence-electron chi connectivity index (χ4n) is 1.92. The second-order valence-corrected chi connectivity index (χ2v) is 7.93. The molecule has 1 N–H and O–H groups in total. The summed E-state index contributed by atoms with van der Waals surface area (Å²) in [5.41, 5.74) is 0. The molecule has 19 heavy (non-hydrogen) atoms. The van der Waals surface area contributed by atoms with Crippen LogP contribution < -0.4 is 5.32 Å². The van der Waals surface area contributed by atoms with E-state index in [1.165, 1.54) is 24.6 Å². The zero-order valence-corrected chi connectivity index (χ0v) is 14.1. The predicted molar refractivity (Wildman–Crippen MR) is 87.5 cm³/mol. The first kappa shape index (κ1) is 16.9. The summed E-state index contributed by atoms with van der Waals surface area (Å²) in [6.45, 7) is 11.9. The van der Waals surface area contributed by atoms with Crippen LogP contribution in [-0.4, -0.2) is 40.0 Å². The molecule has 0 saturated carbocycles. The third-order valence-corrected chi connectivity index (χ3v) is 4.59. The minimum atomic E-state index is -0.0215. The van der Waals surface area contributed by atoms with Gasteiger partial charge in [0.15, 0.2) is 0 Å². The maximum atomic E-state index is 11.8. The molecule has 1 atom stereocenters. The molecule has 1 aliphatic rings. The van der Waals surface area contributed by atoms with Crippen LogP contribution in [0.4, 0.5) is 0 Å². The van der Waals surface area contributed by atoms with E-state index in [4.69, 9.17) is 12.2 Å². The fourth-order valence-corrected chi connectivity index (χ4v) is 3.24. The third kappa shape index (κ3) is 6.72. The number of hydrogen-bond acceptors (Lipinski definition) is 4. The summed E-state index contributed by atoms with van der Waals surface area (Å²) < 4.78 is 0.627. The van der Waals surface area contributed by atoms with Crippen LogP contribution in [0.5, 0.6) is 0 Å². The van der Waals surface area contributed by atoms with Gasteiger partial charge in [0.2, 0.25) is 5.91 Å². The molecule has 3 nitrogen and oxygen atoms in total. The molecule has 0 aromatic carbocycles. The van der Waals surface area contributed by atoms with Gasteiger partial charge < -0.3 is 10.2 Å². The van der Waals surface area contributed by atoms with E-state index in [-0.39, 0.29) is 11.2 Å². The Bertz CT molecular complexity index is 307. The Kier molecular flexibility index (Phi) is 7.32. The zero-order valence-electron chi connectivity index (χ0n) is 12.4. The van der Waals surface area contributed by atoms with Crippen molar-refractivity contribution in [1.82, 2.24) is 10.2 Å². The summed E-state index contributed by atoms with van der Waals surface area (Å²) in [5, 5.41) is 2.71. The second kappa shape index (κ2) is 8.22. The van der Waals surface area contributed by atoms with Gasteiger partial charge in [0.25, 0.3) is 0 Å². The van der Waals surface area contributed by atoms with Crippen LogP contribution in [0.1, 0.15) is 40.5 Å². The average Bonchev–Trinajstić information content (AvgIpc) is 2.60. The topological polar surface area (TPSA) is 32.3 Å². The maximum Gasteiger partial charge on any atom is 0.240 e. The Morgan fingerprint density at radius 2 is 1.74 bits per heavy atom. The quantitative estimate of drug-likeness (QED) is 0.699. The first-order valence-corrected chi connectivity index (χ1v) is 8.41. The summed E-state index contributed by atoms with van der Waals surface area (Å²) >= 11 is 6.55. The molecule has 1 heterocycles. The van der Waals surface area contributed by atoms with E-state index in [2.05, 4.69) is 37.9 Å². The van der Waals surface area contributed by atoms with Crippen LogP contribution in [-0.2, 0) is 4.79 Å². The highest BCUT2D eigenvalue weighted by Crippen LogP contribution is 2.21. The first-order valence-electron chi connectivity index (χ1n) is 7.12. The largest absolute Gasteiger partial charge is 0.311 e. The molecular weight excluding hydrogens is 276 g/mol. The van der Waals surface area contributed by atoms with Crippen LogP contribution in [0.3, 0.4) is 0 Å². The van der Waals surface area contributed by atoms with Gasteiger partial charge in [-0.2, -0.15) is 0 Å². The molecule has 1 fully saturated rings. The monoisotopic (exact) mass is 302 g/mol. The molecule has 1 unspecified atom stereocenters. The van der Waals surface area contributed by atoms with E-state index in [0.717, 1.165) is 19.6 Å². The van der Waals surface area contributed by atoms with Crippen molar-refractivity contribution in [3.05, 3.63) is 0 Å². The smallest absolute Gasteiger partial charge is 0.240 e. The van der Waals surface area contributed by atoms with Crippen molar-refractivity contribution in [1.29, 1.82) is 0 Å². The molecule has 1 amide bonds. The Morgan fingerprint density at radius 1 is 1.21 bits per heavy atom. The van der Waals surface area contributed by atoms with Crippen molar-refractivity contribution >= 4 is 34.2 Å². The van der Waals surface area contributed by atoms with E-state index in [1.807, 2.05) is 0 Å². The fraction of sp³-hybridized carbons (Fsp3) is 0.857. The summed E-state index contributed by atoms with van der Waals surface area (Å²) in [5.74, 6) is 1.48. The van der Waals surface area contributed by atoms with E-state index in [0.29, 0.717) is 16.2 Å². The molecular formula is C14H26N2OS2. The molecule has 0 aliphatic carbocycles. The molecule has 0 radical (unpaired) electrons. The van der Waals surface area contributed by atoms with Gasteiger partial charge in [0, 0.05) is 6.54 Å². The molecule has 110 valence electrons. The van der Waals surface area contributed by atoms with Crippen LogP contribution in [0.25, 0.3) is 0 Å². The van der Waals surface area contributed by atoms with Gasteiger partial charge in [0.1, 0.15) is 9.57 Å². The highest BCUT2D eigenvalue weighted by atomic mass is 32.2. The van der Waals surface area contributed by atoms with Gasteiger partial charge in [-0.3, -0.25) is 4.79 Å². The van der Waals surface area contributed by atoms with Crippen LogP contribution >= 0.6 is 24.0 Å². The molecule has 1 saturated heterocycles. The van der Waals surface area contributed by atoms with Crippen molar-refractivity contribution in [2.75, 3.05) is 19.6 Å². The standard InChI is InChI=1S/C14H26N2OS2/c1-10(2)5-7-16(8-6-11(3)4)9-12-13(17)15-14(18)19-12/h10-12H,5-9H2,1-4H3,(H,15,17,18). The molecule has 1 rings (SSSR count). The van der Waals surface area contributed by atoms with Gasteiger partial charge in [-0.25, -0.2) is 0 Å². The van der Waals surface area contributed by atoms with Crippen molar-refractivity contribution in [3.8, 4) is 0 Å². The minimum absolute atomic E-state index is 0.0215. The van der Waals surface area contributed by atoms with E-state index in [9.17, 15) is 4.79 Å². The molecule has 0 spiro atoms. The number of rotatable bonds is 8.